The minimum absolute atomic E-state index is 0.0134. The maximum absolute atomic E-state index is 12.9. The zero-order valence-electron chi connectivity index (χ0n) is 14.5. The van der Waals surface area contributed by atoms with E-state index in [1.54, 1.807) is 57.4 Å². The summed E-state index contributed by atoms with van der Waals surface area (Å²) in [6.07, 6.45) is 0. The maximum Gasteiger partial charge on any atom is 0.255 e. The Kier molecular flexibility index (Phi) is 5.38. The van der Waals surface area contributed by atoms with Crippen LogP contribution in [0.2, 0.25) is 0 Å². The maximum atomic E-state index is 12.9. The SMILES string of the molecule is COc1ccc(C(=O)N2CCSC2c2cc(OC)cc(OC)c2)cc1. The van der Waals surface area contributed by atoms with Crippen LogP contribution in [-0.2, 0) is 0 Å². The molecule has 1 heterocycles. The van der Waals surface area contributed by atoms with Crippen molar-refractivity contribution in [2.75, 3.05) is 33.6 Å². The molecule has 1 aliphatic rings. The molecule has 0 radical (unpaired) electrons. The lowest BCUT2D eigenvalue weighted by atomic mass is 10.1. The lowest BCUT2D eigenvalue weighted by Gasteiger charge is -2.25. The molecule has 2 aromatic rings. The molecule has 5 nitrogen and oxygen atoms in total. The quantitative estimate of drug-likeness (QED) is 0.816. The van der Waals surface area contributed by atoms with Gasteiger partial charge < -0.3 is 19.1 Å². The summed E-state index contributed by atoms with van der Waals surface area (Å²) in [5.74, 6) is 3.09. The molecular weight excluding hydrogens is 338 g/mol. The number of ether oxygens (including phenoxy) is 3. The third kappa shape index (κ3) is 3.69. The van der Waals surface area contributed by atoms with Gasteiger partial charge in [0.15, 0.2) is 0 Å². The van der Waals surface area contributed by atoms with Gasteiger partial charge in [-0.15, -0.1) is 11.8 Å². The van der Waals surface area contributed by atoms with Gasteiger partial charge in [0.1, 0.15) is 22.6 Å². The Morgan fingerprint density at radius 3 is 2.12 bits per heavy atom. The molecule has 1 aliphatic heterocycles. The fourth-order valence-corrected chi connectivity index (χ4v) is 4.06. The summed E-state index contributed by atoms with van der Waals surface area (Å²) in [4.78, 5) is 14.8. The Hall–Kier alpha value is -2.34. The van der Waals surface area contributed by atoms with Gasteiger partial charge in [-0.25, -0.2) is 0 Å². The van der Waals surface area contributed by atoms with Gasteiger partial charge in [-0.2, -0.15) is 0 Å². The molecule has 1 amide bonds. The van der Waals surface area contributed by atoms with Gasteiger partial charge in [0.25, 0.3) is 5.91 Å². The molecule has 0 spiro atoms. The van der Waals surface area contributed by atoms with Gasteiger partial charge in [-0.1, -0.05) is 0 Å². The van der Waals surface area contributed by atoms with Crippen molar-refractivity contribution in [2.45, 2.75) is 5.37 Å². The van der Waals surface area contributed by atoms with Gasteiger partial charge in [-0.3, -0.25) is 4.79 Å². The van der Waals surface area contributed by atoms with Gasteiger partial charge in [0, 0.05) is 23.9 Å². The third-order valence-corrected chi connectivity index (χ3v) is 5.41. The third-order valence-electron chi connectivity index (χ3n) is 4.15. The lowest BCUT2D eigenvalue weighted by molar-refractivity contribution is 0.0760. The molecule has 132 valence electrons. The van der Waals surface area contributed by atoms with Crippen molar-refractivity contribution < 1.29 is 19.0 Å². The Balaban J connectivity index is 1.88. The number of carbonyl (C=O) groups excluding carboxylic acids is 1. The van der Waals surface area contributed by atoms with E-state index in [4.69, 9.17) is 14.2 Å². The highest BCUT2D eigenvalue weighted by Crippen LogP contribution is 2.41. The van der Waals surface area contributed by atoms with E-state index in [0.717, 1.165) is 28.6 Å². The predicted octanol–water partition coefficient (Wildman–Crippen LogP) is 3.60. The number of hydrogen-bond donors (Lipinski definition) is 0. The molecule has 0 aliphatic carbocycles. The van der Waals surface area contributed by atoms with Crippen LogP contribution in [0.25, 0.3) is 0 Å². The summed E-state index contributed by atoms with van der Waals surface area (Å²) < 4.78 is 15.9. The largest absolute Gasteiger partial charge is 0.497 e. The van der Waals surface area contributed by atoms with Gasteiger partial charge in [0.05, 0.1) is 21.3 Å². The Morgan fingerprint density at radius 1 is 0.960 bits per heavy atom. The van der Waals surface area contributed by atoms with E-state index in [-0.39, 0.29) is 11.3 Å². The van der Waals surface area contributed by atoms with E-state index in [0.29, 0.717) is 12.1 Å². The minimum atomic E-state index is -0.0569. The van der Waals surface area contributed by atoms with Crippen LogP contribution in [0, 0.1) is 0 Å². The Labute approximate surface area is 151 Å². The summed E-state index contributed by atoms with van der Waals surface area (Å²) >= 11 is 1.74. The number of amides is 1. The molecule has 1 fully saturated rings. The average Bonchev–Trinajstić information content (AvgIpc) is 3.16. The zero-order valence-corrected chi connectivity index (χ0v) is 15.3. The number of benzene rings is 2. The molecule has 1 unspecified atom stereocenters. The Bertz CT molecular complexity index is 725. The van der Waals surface area contributed by atoms with Gasteiger partial charge in [0.2, 0.25) is 0 Å². The molecule has 2 aromatic carbocycles. The number of thioether (sulfide) groups is 1. The van der Waals surface area contributed by atoms with E-state index in [1.807, 2.05) is 23.1 Å². The van der Waals surface area contributed by atoms with Crippen molar-refractivity contribution in [3.05, 3.63) is 53.6 Å². The van der Waals surface area contributed by atoms with Crippen LogP contribution < -0.4 is 14.2 Å². The highest BCUT2D eigenvalue weighted by atomic mass is 32.2. The number of hydrogen-bond acceptors (Lipinski definition) is 5. The number of nitrogens with zero attached hydrogens (tertiary/aromatic N) is 1. The molecule has 0 saturated carbocycles. The van der Waals surface area contributed by atoms with Crippen molar-refractivity contribution in [1.29, 1.82) is 0 Å². The summed E-state index contributed by atoms with van der Waals surface area (Å²) in [6.45, 7) is 0.708. The number of rotatable bonds is 5. The van der Waals surface area contributed by atoms with Crippen LogP contribution in [0.5, 0.6) is 17.2 Å². The van der Waals surface area contributed by atoms with E-state index in [9.17, 15) is 4.79 Å². The highest BCUT2D eigenvalue weighted by molar-refractivity contribution is 7.99. The average molecular weight is 359 g/mol. The van der Waals surface area contributed by atoms with Crippen LogP contribution in [0.3, 0.4) is 0 Å². The van der Waals surface area contributed by atoms with Crippen molar-refractivity contribution in [3.63, 3.8) is 0 Å². The minimum Gasteiger partial charge on any atom is -0.497 e. The second-order valence-electron chi connectivity index (χ2n) is 5.60. The standard InChI is InChI=1S/C19H21NO4S/c1-22-15-6-4-13(5-7-15)18(21)20-8-9-25-19(20)14-10-16(23-2)12-17(11-14)24-3/h4-7,10-12,19H,8-9H2,1-3H3. The molecule has 25 heavy (non-hydrogen) atoms. The number of carbonyl (C=O) groups is 1. The van der Waals surface area contributed by atoms with Crippen molar-refractivity contribution in [2.24, 2.45) is 0 Å². The van der Waals surface area contributed by atoms with Crippen LogP contribution in [-0.4, -0.2) is 44.4 Å². The van der Waals surface area contributed by atoms with Crippen LogP contribution in [0.4, 0.5) is 0 Å². The topological polar surface area (TPSA) is 48.0 Å². The molecular formula is C19H21NO4S. The summed E-state index contributed by atoms with van der Waals surface area (Å²) in [6, 6.07) is 13.0. The lowest BCUT2D eigenvalue weighted by Crippen LogP contribution is -2.30. The second kappa shape index (κ2) is 7.70. The monoisotopic (exact) mass is 359 g/mol. The molecule has 0 N–H and O–H groups in total. The highest BCUT2D eigenvalue weighted by Gasteiger charge is 2.32. The molecule has 3 rings (SSSR count). The summed E-state index contributed by atoms with van der Waals surface area (Å²) in [5, 5.41) is -0.0569. The fourth-order valence-electron chi connectivity index (χ4n) is 2.83. The first-order valence-electron chi connectivity index (χ1n) is 7.96. The first kappa shape index (κ1) is 17.5. The summed E-state index contributed by atoms with van der Waals surface area (Å²) in [7, 11) is 4.86. The first-order chi connectivity index (χ1) is 12.2. The zero-order chi connectivity index (χ0) is 17.8. The van der Waals surface area contributed by atoms with Gasteiger partial charge >= 0.3 is 0 Å². The first-order valence-corrected chi connectivity index (χ1v) is 9.00. The Morgan fingerprint density at radius 2 is 1.56 bits per heavy atom. The predicted molar refractivity (Wildman–Crippen MR) is 98.8 cm³/mol. The molecule has 0 bridgehead atoms. The van der Waals surface area contributed by atoms with Crippen molar-refractivity contribution in [1.82, 2.24) is 4.90 Å². The smallest absolute Gasteiger partial charge is 0.255 e. The van der Waals surface area contributed by atoms with Crippen LogP contribution in [0.1, 0.15) is 21.3 Å². The molecule has 1 saturated heterocycles. The van der Waals surface area contributed by atoms with E-state index in [1.165, 1.54) is 0 Å². The van der Waals surface area contributed by atoms with E-state index < -0.39 is 0 Å². The number of methoxy groups -OCH3 is 3. The van der Waals surface area contributed by atoms with Gasteiger partial charge in [-0.05, 0) is 42.0 Å². The molecule has 0 aromatic heterocycles. The van der Waals surface area contributed by atoms with E-state index >= 15 is 0 Å². The fraction of sp³-hybridized carbons (Fsp3) is 0.316. The van der Waals surface area contributed by atoms with Crippen LogP contribution in [0.15, 0.2) is 42.5 Å². The summed E-state index contributed by atoms with van der Waals surface area (Å²) in [5.41, 5.74) is 1.66. The normalized spacial score (nSPS) is 16.6. The van der Waals surface area contributed by atoms with Crippen LogP contribution >= 0.6 is 11.8 Å². The second-order valence-corrected chi connectivity index (χ2v) is 6.78. The van der Waals surface area contributed by atoms with Crippen molar-refractivity contribution in [3.8, 4) is 17.2 Å². The van der Waals surface area contributed by atoms with E-state index in [2.05, 4.69) is 0 Å². The molecule has 1 atom stereocenters. The van der Waals surface area contributed by atoms with Crippen molar-refractivity contribution >= 4 is 17.7 Å². The molecule has 6 heteroatoms.